The Kier molecular flexibility index (Phi) is 5.27. The molecule has 0 spiro atoms. The van der Waals surface area contributed by atoms with Crippen LogP contribution in [0.25, 0.3) is 0 Å². The van der Waals surface area contributed by atoms with Crippen molar-refractivity contribution >= 4 is 29.1 Å². The summed E-state index contributed by atoms with van der Waals surface area (Å²) >= 11 is 5.75. The smallest absolute Gasteiger partial charge is 0.287 e. The summed E-state index contributed by atoms with van der Waals surface area (Å²) in [7, 11) is 0. The van der Waals surface area contributed by atoms with Gasteiger partial charge in [0.25, 0.3) is 11.8 Å². The Bertz CT molecular complexity index is 863. The van der Waals surface area contributed by atoms with Crippen LogP contribution in [-0.4, -0.2) is 27.4 Å². The van der Waals surface area contributed by atoms with Gasteiger partial charge in [-0.25, -0.2) is 9.37 Å². The number of carbonyl (C=O) groups excluding carboxylic acids is 2. The zero-order chi connectivity index (χ0) is 18.8. The number of aromatic nitrogens is 2. The zero-order valence-electron chi connectivity index (χ0n) is 14.6. The molecule has 2 aromatic rings. The molecule has 138 valence electrons. The molecule has 8 heteroatoms. The fraction of sp³-hybridized carbons (Fsp3) is 0.389. The first kappa shape index (κ1) is 18.4. The lowest BCUT2D eigenvalue weighted by Crippen LogP contribution is -2.33. The lowest BCUT2D eigenvalue weighted by molar-refractivity contribution is 0.0927. The predicted molar refractivity (Wildman–Crippen MR) is 97.1 cm³/mol. The fourth-order valence-corrected chi connectivity index (χ4v) is 3.17. The van der Waals surface area contributed by atoms with Crippen LogP contribution >= 0.6 is 11.6 Å². The molecule has 0 saturated heterocycles. The Hall–Kier alpha value is -2.41. The van der Waals surface area contributed by atoms with Crippen molar-refractivity contribution in [2.45, 2.75) is 45.7 Å². The second kappa shape index (κ2) is 7.45. The second-order valence-corrected chi connectivity index (χ2v) is 6.96. The topological polar surface area (TPSA) is 76.0 Å². The number of anilines is 1. The van der Waals surface area contributed by atoms with Gasteiger partial charge in [0.2, 0.25) is 0 Å². The summed E-state index contributed by atoms with van der Waals surface area (Å²) in [5.74, 6) is -1.05. The monoisotopic (exact) mass is 378 g/mol. The number of rotatable bonds is 4. The molecular weight excluding hydrogens is 359 g/mol. The summed E-state index contributed by atoms with van der Waals surface area (Å²) in [6, 6.07) is 3.91. The predicted octanol–water partition coefficient (Wildman–Crippen LogP) is 3.40. The van der Waals surface area contributed by atoms with Crippen molar-refractivity contribution in [1.82, 2.24) is 14.9 Å². The number of imidazole rings is 1. The van der Waals surface area contributed by atoms with E-state index in [0.717, 1.165) is 18.5 Å². The highest BCUT2D eigenvalue weighted by Gasteiger charge is 2.27. The van der Waals surface area contributed by atoms with E-state index in [-0.39, 0.29) is 28.5 Å². The average molecular weight is 379 g/mol. The third-order valence-electron chi connectivity index (χ3n) is 4.13. The van der Waals surface area contributed by atoms with Crippen molar-refractivity contribution in [3.63, 3.8) is 0 Å². The van der Waals surface area contributed by atoms with Crippen molar-refractivity contribution < 1.29 is 14.0 Å². The minimum atomic E-state index is -0.559. The van der Waals surface area contributed by atoms with Gasteiger partial charge in [-0.15, -0.1) is 0 Å². The Labute approximate surface area is 155 Å². The normalized spacial score (nSPS) is 13.4. The summed E-state index contributed by atoms with van der Waals surface area (Å²) < 4.78 is 15.1. The first-order chi connectivity index (χ1) is 12.4. The number of carbonyl (C=O) groups is 2. The lowest BCUT2D eigenvalue weighted by Gasteiger charge is -2.17. The number of hydrogen-bond donors (Lipinski definition) is 2. The van der Waals surface area contributed by atoms with Gasteiger partial charge < -0.3 is 15.2 Å². The lowest BCUT2D eigenvalue weighted by atomic mass is 10.1. The molecule has 0 radical (unpaired) electrons. The van der Waals surface area contributed by atoms with Gasteiger partial charge in [-0.3, -0.25) is 9.59 Å². The van der Waals surface area contributed by atoms with Crippen LogP contribution in [0, 0.1) is 5.82 Å². The van der Waals surface area contributed by atoms with Crippen LogP contribution in [0.4, 0.5) is 10.1 Å². The van der Waals surface area contributed by atoms with Gasteiger partial charge in [-0.05, 0) is 51.3 Å². The van der Waals surface area contributed by atoms with Crippen molar-refractivity contribution in [3.05, 3.63) is 46.3 Å². The van der Waals surface area contributed by atoms with Crippen molar-refractivity contribution in [1.29, 1.82) is 0 Å². The van der Waals surface area contributed by atoms with E-state index < -0.39 is 11.7 Å². The van der Waals surface area contributed by atoms with Gasteiger partial charge in [0.15, 0.2) is 11.5 Å². The van der Waals surface area contributed by atoms with E-state index >= 15 is 0 Å². The van der Waals surface area contributed by atoms with Crippen LogP contribution in [0.1, 0.15) is 53.5 Å². The van der Waals surface area contributed by atoms with Crippen LogP contribution in [-0.2, 0) is 13.0 Å². The highest BCUT2D eigenvalue weighted by Crippen LogP contribution is 2.24. The Morgan fingerprint density at radius 3 is 2.73 bits per heavy atom. The molecule has 1 aromatic heterocycles. The SMILES string of the molecule is CC(C)NC(=O)c1nc(C(=O)Nc2ccc(F)c(Cl)c2)c2n1CCCC2. The molecule has 0 aliphatic carbocycles. The minimum absolute atomic E-state index is 0.0299. The number of nitrogens with one attached hydrogen (secondary N) is 2. The summed E-state index contributed by atoms with van der Waals surface area (Å²) in [5, 5.41) is 5.41. The third-order valence-corrected chi connectivity index (χ3v) is 4.42. The van der Waals surface area contributed by atoms with E-state index in [0.29, 0.717) is 18.7 Å². The molecule has 26 heavy (non-hydrogen) atoms. The summed E-state index contributed by atoms with van der Waals surface area (Å²) in [6.07, 6.45) is 2.54. The third kappa shape index (κ3) is 3.72. The molecule has 0 atom stereocenters. The molecule has 1 aliphatic rings. The summed E-state index contributed by atoms with van der Waals surface area (Å²) in [4.78, 5) is 29.4. The van der Waals surface area contributed by atoms with E-state index in [1.54, 1.807) is 0 Å². The number of nitrogens with zero attached hydrogens (tertiary/aromatic N) is 2. The first-order valence-electron chi connectivity index (χ1n) is 8.53. The number of halogens is 2. The summed E-state index contributed by atoms with van der Waals surface area (Å²) in [5.41, 5.74) is 1.34. The van der Waals surface area contributed by atoms with E-state index in [1.807, 2.05) is 18.4 Å². The maximum Gasteiger partial charge on any atom is 0.287 e. The maximum absolute atomic E-state index is 13.3. The zero-order valence-corrected chi connectivity index (χ0v) is 15.4. The van der Waals surface area contributed by atoms with Crippen molar-refractivity contribution in [2.75, 3.05) is 5.32 Å². The number of benzene rings is 1. The molecule has 0 bridgehead atoms. The van der Waals surface area contributed by atoms with Gasteiger partial charge in [-0.1, -0.05) is 11.6 Å². The van der Waals surface area contributed by atoms with Crippen LogP contribution in [0.2, 0.25) is 5.02 Å². The number of amides is 2. The Morgan fingerprint density at radius 2 is 2.04 bits per heavy atom. The van der Waals surface area contributed by atoms with Gasteiger partial charge in [0.1, 0.15) is 5.82 Å². The van der Waals surface area contributed by atoms with Gasteiger partial charge in [0, 0.05) is 18.3 Å². The highest BCUT2D eigenvalue weighted by atomic mass is 35.5. The average Bonchev–Trinajstić information content (AvgIpc) is 2.97. The molecule has 0 saturated carbocycles. The molecule has 2 N–H and O–H groups in total. The van der Waals surface area contributed by atoms with Crippen molar-refractivity contribution in [3.8, 4) is 0 Å². The fourth-order valence-electron chi connectivity index (χ4n) is 2.99. The minimum Gasteiger partial charge on any atom is -0.347 e. The molecule has 2 amide bonds. The van der Waals surface area contributed by atoms with Gasteiger partial charge in [-0.2, -0.15) is 0 Å². The highest BCUT2D eigenvalue weighted by molar-refractivity contribution is 6.31. The molecule has 2 heterocycles. The maximum atomic E-state index is 13.3. The van der Waals surface area contributed by atoms with Crippen molar-refractivity contribution in [2.24, 2.45) is 0 Å². The van der Waals surface area contributed by atoms with E-state index in [4.69, 9.17) is 11.6 Å². The molecule has 1 aromatic carbocycles. The summed E-state index contributed by atoms with van der Waals surface area (Å²) in [6.45, 7) is 4.38. The quantitative estimate of drug-likeness (QED) is 0.856. The second-order valence-electron chi connectivity index (χ2n) is 6.55. The number of fused-ring (bicyclic) bond motifs is 1. The number of hydrogen-bond acceptors (Lipinski definition) is 3. The largest absolute Gasteiger partial charge is 0.347 e. The van der Waals surface area contributed by atoms with E-state index in [9.17, 15) is 14.0 Å². The molecule has 1 aliphatic heterocycles. The molecule has 0 fully saturated rings. The molecular formula is C18H20ClFN4O2. The van der Waals surface area contributed by atoms with Crippen LogP contribution in [0.3, 0.4) is 0 Å². The van der Waals surface area contributed by atoms with Gasteiger partial charge >= 0.3 is 0 Å². The Balaban J connectivity index is 1.91. The van der Waals surface area contributed by atoms with Crippen LogP contribution in [0.5, 0.6) is 0 Å². The molecule has 6 nitrogen and oxygen atoms in total. The van der Waals surface area contributed by atoms with E-state index in [2.05, 4.69) is 15.6 Å². The first-order valence-corrected chi connectivity index (χ1v) is 8.91. The van der Waals surface area contributed by atoms with Gasteiger partial charge in [0.05, 0.1) is 10.7 Å². The Morgan fingerprint density at radius 1 is 1.27 bits per heavy atom. The molecule has 3 rings (SSSR count). The van der Waals surface area contributed by atoms with Crippen LogP contribution in [0.15, 0.2) is 18.2 Å². The molecule has 0 unspecified atom stereocenters. The van der Waals surface area contributed by atoms with E-state index in [1.165, 1.54) is 18.2 Å². The standard InChI is InChI=1S/C18H20ClFN4O2/c1-10(2)21-18(26)16-23-15(14-5-3-4-8-24(14)16)17(25)22-11-6-7-13(20)12(19)9-11/h6-7,9-10H,3-5,8H2,1-2H3,(H,21,26)(H,22,25). The van der Waals surface area contributed by atoms with Crippen LogP contribution < -0.4 is 10.6 Å².